The maximum atomic E-state index is 5.47. The average Bonchev–Trinajstić information content (AvgIpc) is 2.95. The van der Waals surface area contributed by atoms with Gasteiger partial charge in [-0.3, -0.25) is 4.68 Å². The molecule has 0 aliphatic rings. The molecule has 1 heterocycles. The van der Waals surface area contributed by atoms with Gasteiger partial charge in [-0.05, 0) is 69.8 Å². The average molecular weight is 404 g/mol. The molecule has 0 aliphatic heterocycles. The van der Waals surface area contributed by atoms with Crippen LogP contribution in [0.25, 0.3) is 0 Å². The second kappa shape index (κ2) is 11.0. The van der Waals surface area contributed by atoms with Crippen LogP contribution in [0.15, 0.2) is 24.3 Å². The van der Waals surface area contributed by atoms with Crippen LogP contribution in [0.3, 0.4) is 0 Å². The molecular formula is C21H33N5OS. The van der Waals surface area contributed by atoms with Gasteiger partial charge in [0, 0.05) is 6.54 Å². The minimum Gasteiger partial charge on any atom is -0.497 e. The van der Waals surface area contributed by atoms with Crippen molar-refractivity contribution in [1.82, 2.24) is 20.0 Å². The summed E-state index contributed by atoms with van der Waals surface area (Å²) < 4.78 is 7.31. The van der Waals surface area contributed by atoms with Crippen molar-refractivity contribution >= 4 is 23.0 Å². The van der Waals surface area contributed by atoms with Crippen LogP contribution in [0.5, 0.6) is 5.75 Å². The summed E-state index contributed by atoms with van der Waals surface area (Å²) >= 11 is 5.47. The first-order valence-corrected chi connectivity index (χ1v) is 10.3. The van der Waals surface area contributed by atoms with Crippen LogP contribution >= 0.6 is 12.2 Å². The number of hydrogen-bond acceptors (Lipinski definition) is 4. The molecule has 6 nitrogen and oxygen atoms in total. The van der Waals surface area contributed by atoms with E-state index in [0.29, 0.717) is 11.7 Å². The lowest BCUT2D eigenvalue weighted by atomic mass is 10.2. The summed E-state index contributed by atoms with van der Waals surface area (Å²) in [7, 11) is 1.68. The van der Waals surface area contributed by atoms with Gasteiger partial charge in [0.2, 0.25) is 0 Å². The van der Waals surface area contributed by atoms with Crippen molar-refractivity contribution in [2.45, 2.75) is 40.7 Å². The largest absolute Gasteiger partial charge is 0.497 e. The number of nitrogens with one attached hydrogen (secondary N) is 2. The first-order valence-electron chi connectivity index (χ1n) is 9.92. The Morgan fingerprint density at radius 3 is 2.68 bits per heavy atom. The molecule has 2 rings (SSSR count). The van der Waals surface area contributed by atoms with E-state index in [9.17, 15) is 0 Å². The van der Waals surface area contributed by atoms with Crippen molar-refractivity contribution in [2.75, 3.05) is 38.6 Å². The fourth-order valence-electron chi connectivity index (χ4n) is 3.18. The van der Waals surface area contributed by atoms with Crippen LogP contribution < -0.4 is 15.4 Å². The number of hydrogen-bond donors (Lipinski definition) is 2. The van der Waals surface area contributed by atoms with Crippen LogP contribution in [0.4, 0.5) is 5.69 Å². The smallest absolute Gasteiger partial charge is 0.170 e. The Kier molecular flexibility index (Phi) is 8.73. The molecule has 0 saturated carbocycles. The number of ether oxygens (including phenoxy) is 1. The Morgan fingerprint density at radius 2 is 2.00 bits per heavy atom. The van der Waals surface area contributed by atoms with Crippen LogP contribution in [0.1, 0.15) is 37.2 Å². The first kappa shape index (κ1) is 22.2. The van der Waals surface area contributed by atoms with Gasteiger partial charge in [-0.1, -0.05) is 26.0 Å². The summed E-state index contributed by atoms with van der Waals surface area (Å²) in [5.74, 6) is 0.854. The highest BCUT2D eigenvalue weighted by molar-refractivity contribution is 7.80. The van der Waals surface area contributed by atoms with Gasteiger partial charge in [0.05, 0.1) is 30.7 Å². The molecule has 0 aliphatic carbocycles. The number of anilines is 1. The number of nitrogens with zero attached hydrogens (tertiary/aromatic N) is 3. The third-order valence-corrected chi connectivity index (χ3v) is 5.16. The van der Waals surface area contributed by atoms with Crippen molar-refractivity contribution in [3.63, 3.8) is 0 Å². The number of methoxy groups -OCH3 is 1. The van der Waals surface area contributed by atoms with E-state index in [-0.39, 0.29) is 0 Å². The molecule has 0 unspecified atom stereocenters. The van der Waals surface area contributed by atoms with Crippen molar-refractivity contribution in [1.29, 1.82) is 0 Å². The lowest BCUT2D eigenvalue weighted by Crippen LogP contribution is -2.32. The number of thiocarbonyl (C=S) groups is 1. The molecule has 0 amide bonds. The third kappa shape index (κ3) is 6.21. The Labute approximate surface area is 174 Å². The number of aryl methyl sites for hydroxylation is 1. The third-order valence-electron chi connectivity index (χ3n) is 4.92. The van der Waals surface area contributed by atoms with Gasteiger partial charge in [0.15, 0.2) is 5.11 Å². The molecule has 0 bridgehead atoms. The van der Waals surface area contributed by atoms with E-state index < -0.39 is 0 Å². The SMILES string of the molecule is CCN(CC)CCCNC(=S)Nc1c(C)nn(Cc2cccc(OC)c2)c1C. The van der Waals surface area contributed by atoms with Gasteiger partial charge in [-0.2, -0.15) is 5.10 Å². The normalized spacial score (nSPS) is 10.9. The molecule has 1 aromatic carbocycles. The number of aromatic nitrogens is 2. The quantitative estimate of drug-likeness (QED) is 0.467. The molecule has 0 spiro atoms. The topological polar surface area (TPSA) is 54.3 Å². The Hall–Kier alpha value is -2.12. The van der Waals surface area contributed by atoms with E-state index in [0.717, 1.165) is 61.0 Å². The van der Waals surface area contributed by atoms with Crippen molar-refractivity contribution in [2.24, 2.45) is 0 Å². The molecule has 0 radical (unpaired) electrons. The van der Waals surface area contributed by atoms with E-state index in [1.807, 2.05) is 29.8 Å². The highest BCUT2D eigenvalue weighted by Gasteiger charge is 2.13. The summed E-state index contributed by atoms with van der Waals surface area (Å²) in [5, 5.41) is 11.9. The lowest BCUT2D eigenvalue weighted by Gasteiger charge is -2.18. The maximum Gasteiger partial charge on any atom is 0.170 e. The Bertz CT molecular complexity index is 770. The van der Waals surface area contributed by atoms with E-state index >= 15 is 0 Å². The molecule has 1 aromatic heterocycles. The van der Waals surface area contributed by atoms with E-state index in [1.54, 1.807) is 7.11 Å². The summed E-state index contributed by atoms with van der Waals surface area (Å²) in [6.45, 7) is 13.3. The van der Waals surface area contributed by atoms with Gasteiger partial charge in [0.1, 0.15) is 5.75 Å². The monoisotopic (exact) mass is 403 g/mol. The van der Waals surface area contributed by atoms with Crippen molar-refractivity contribution in [3.8, 4) is 5.75 Å². The predicted octanol–water partition coefficient (Wildman–Crippen LogP) is 3.58. The van der Waals surface area contributed by atoms with Gasteiger partial charge < -0.3 is 20.3 Å². The van der Waals surface area contributed by atoms with Crippen molar-refractivity contribution in [3.05, 3.63) is 41.2 Å². The molecule has 154 valence electrons. The fraction of sp³-hybridized carbons (Fsp3) is 0.524. The number of rotatable bonds is 10. The van der Waals surface area contributed by atoms with Crippen LogP contribution in [0.2, 0.25) is 0 Å². The molecule has 7 heteroatoms. The Balaban J connectivity index is 1.92. The standard InChI is InChI=1S/C21H33N5OS/c1-6-25(7-2)13-9-12-22-21(28)23-20-16(3)24-26(17(20)4)15-18-10-8-11-19(14-18)27-5/h8,10-11,14H,6-7,9,12-13,15H2,1-5H3,(H2,22,23,28). The molecule has 0 saturated heterocycles. The Morgan fingerprint density at radius 1 is 1.25 bits per heavy atom. The predicted molar refractivity (Wildman–Crippen MR) is 120 cm³/mol. The van der Waals surface area contributed by atoms with Crippen LogP contribution in [0, 0.1) is 13.8 Å². The van der Waals surface area contributed by atoms with Gasteiger partial charge >= 0.3 is 0 Å². The molecular weight excluding hydrogens is 370 g/mol. The zero-order valence-corrected chi connectivity index (χ0v) is 18.5. The molecule has 2 N–H and O–H groups in total. The molecule has 0 fully saturated rings. The first-order chi connectivity index (χ1) is 13.5. The lowest BCUT2D eigenvalue weighted by molar-refractivity contribution is 0.300. The zero-order chi connectivity index (χ0) is 20.5. The highest BCUT2D eigenvalue weighted by Crippen LogP contribution is 2.21. The minimum atomic E-state index is 0.645. The summed E-state index contributed by atoms with van der Waals surface area (Å²) in [6, 6.07) is 8.05. The zero-order valence-electron chi connectivity index (χ0n) is 17.7. The van der Waals surface area contributed by atoms with E-state index in [1.165, 1.54) is 0 Å². The summed E-state index contributed by atoms with van der Waals surface area (Å²) in [5.41, 5.74) is 4.12. The highest BCUT2D eigenvalue weighted by atomic mass is 32.1. The summed E-state index contributed by atoms with van der Waals surface area (Å²) in [4.78, 5) is 2.41. The fourth-order valence-corrected chi connectivity index (χ4v) is 3.38. The van der Waals surface area contributed by atoms with Crippen molar-refractivity contribution < 1.29 is 4.74 Å². The number of benzene rings is 1. The summed E-state index contributed by atoms with van der Waals surface area (Å²) in [6.07, 6.45) is 1.07. The molecule has 28 heavy (non-hydrogen) atoms. The second-order valence-corrected chi connectivity index (χ2v) is 7.22. The van der Waals surface area contributed by atoms with E-state index in [4.69, 9.17) is 17.0 Å². The van der Waals surface area contributed by atoms with Gasteiger partial charge in [-0.15, -0.1) is 0 Å². The van der Waals surface area contributed by atoms with Gasteiger partial charge in [0.25, 0.3) is 0 Å². The van der Waals surface area contributed by atoms with Crippen LogP contribution in [-0.2, 0) is 6.54 Å². The maximum absolute atomic E-state index is 5.47. The molecule has 0 atom stereocenters. The van der Waals surface area contributed by atoms with E-state index in [2.05, 4.69) is 47.5 Å². The van der Waals surface area contributed by atoms with Gasteiger partial charge in [-0.25, -0.2) is 0 Å². The second-order valence-electron chi connectivity index (χ2n) is 6.82. The van der Waals surface area contributed by atoms with Crippen LogP contribution in [-0.4, -0.2) is 53.1 Å². The minimum absolute atomic E-state index is 0.645. The molecule has 2 aromatic rings.